The van der Waals surface area contributed by atoms with Gasteiger partial charge in [0.25, 0.3) is 0 Å². The van der Waals surface area contributed by atoms with Crippen LogP contribution in [0.25, 0.3) is 0 Å². The van der Waals surface area contributed by atoms with Crippen LogP contribution in [0, 0.1) is 5.92 Å². The number of carbonyl (C=O) groups excluding carboxylic acids is 2. The molecule has 1 fully saturated rings. The zero-order chi connectivity index (χ0) is 13.5. The normalized spacial score (nSPS) is 19.4. The van der Waals surface area contributed by atoms with Crippen LogP contribution < -0.4 is 0 Å². The number of hydrogen-bond donors (Lipinski definition) is 1. The predicted octanol–water partition coefficient (Wildman–Crippen LogP) is 0.216. The van der Waals surface area contributed by atoms with Crippen LogP contribution >= 0.6 is 11.8 Å². The van der Waals surface area contributed by atoms with Crippen molar-refractivity contribution in [2.75, 3.05) is 31.7 Å². The summed E-state index contributed by atoms with van der Waals surface area (Å²) in [4.78, 5) is 35.1. The summed E-state index contributed by atoms with van der Waals surface area (Å²) in [5.41, 5.74) is 0. The topological polar surface area (TPSA) is 83.9 Å². The Bertz CT molecular complexity index is 333. The number of aliphatic carboxylic acids is 1. The minimum Gasteiger partial charge on any atom is -0.481 e. The van der Waals surface area contributed by atoms with E-state index in [0.29, 0.717) is 13.1 Å². The van der Waals surface area contributed by atoms with Gasteiger partial charge in [0.1, 0.15) is 0 Å². The Kier molecular flexibility index (Phi) is 5.97. The average molecular weight is 275 g/mol. The van der Waals surface area contributed by atoms with Crippen molar-refractivity contribution in [3.8, 4) is 0 Å². The summed E-state index contributed by atoms with van der Waals surface area (Å²) in [6, 6.07) is 0. The quantitative estimate of drug-likeness (QED) is 0.722. The first kappa shape index (κ1) is 14.8. The lowest BCUT2D eigenvalue weighted by molar-refractivity contribution is -0.148. The smallest absolute Gasteiger partial charge is 0.313 e. The Morgan fingerprint density at radius 1 is 1.39 bits per heavy atom. The van der Waals surface area contributed by atoms with E-state index in [1.165, 1.54) is 7.11 Å². The molecule has 1 rings (SSSR count). The Morgan fingerprint density at radius 2 is 2.11 bits per heavy atom. The summed E-state index contributed by atoms with van der Waals surface area (Å²) in [5, 5.41) is 8.48. The lowest BCUT2D eigenvalue weighted by atomic mass is 9.98. The Labute approximate surface area is 110 Å². The minimum absolute atomic E-state index is 0.0833. The Hall–Kier alpha value is -1.24. The van der Waals surface area contributed by atoms with Gasteiger partial charge in [-0.25, -0.2) is 0 Å². The number of nitrogens with zero attached hydrogens (tertiary/aromatic N) is 1. The summed E-state index contributed by atoms with van der Waals surface area (Å²) in [7, 11) is 1.34. The van der Waals surface area contributed by atoms with Crippen LogP contribution in [0.5, 0.6) is 0 Å². The number of ether oxygens (including phenoxy) is 1. The highest BCUT2D eigenvalue weighted by molar-refractivity contribution is 8.00. The third-order valence-electron chi connectivity index (χ3n) is 2.76. The van der Waals surface area contributed by atoms with Crippen molar-refractivity contribution in [2.45, 2.75) is 12.8 Å². The van der Waals surface area contributed by atoms with Crippen LogP contribution in [0.1, 0.15) is 12.8 Å². The van der Waals surface area contributed by atoms with Gasteiger partial charge in [0, 0.05) is 13.1 Å². The lowest BCUT2D eigenvalue weighted by Crippen LogP contribution is -2.43. The monoisotopic (exact) mass is 275 g/mol. The van der Waals surface area contributed by atoms with Gasteiger partial charge in [0.2, 0.25) is 5.91 Å². The van der Waals surface area contributed by atoms with Gasteiger partial charge in [0.15, 0.2) is 0 Å². The van der Waals surface area contributed by atoms with Crippen LogP contribution in [-0.2, 0) is 19.1 Å². The van der Waals surface area contributed by atoms with E-state index in [9.17, 15) is 14.4 Å². The molecule has 1 N–H and O–H groups in total. The molecule has 0 aromatic carbocycles. The van der Waals surface area contributed by atoms with Gasteiger partial charge in [-0.2, -0.15) is 0 Å². The number of carbonyl (C=O) groups is 3. The zero-order valence-corrected chi connectivity index (χ0v) is 11.1. The molecule has 1 saturated heterocycles. The maximum absolute atomic E-state index is 11.8. The first-order valence-corrected chi connectivity index (χ1v) is 6.85. The molecule has 0 aromatic heterocycles. The third kappa shape index (κ3) is 4.56. The lowest BCUT2D eigenvalue weighted by Gasteiger charge is -2.31. The van der Waals surface area contributed by atoms with E-state index in [1.54, 1.807) is 4.90 Å². The van der Waals surface area contributed by atoms with Crippen LogP contribution in [0.2, 0.25) is 0 Å². The molecule has 18 heavy (non-hydrogen) atoms. The summed E-state index contributed by atoms with van der Waals surface area (Å²) in [5.74, 6) is -1.53. The molecule has 1 heterocycles. The number of carboxylic acid groups (broad SMARTS) is 1. The van der Waals surface area contributed by atoms with Crippen molar-refractivity contribution in [3.05, 3.63) is 0 Å². The van der Waals surface area contributed by atoms with Gasteiger partial charge in [-0.05, 0) is 12.8 Å². The first-order valence-electron chi connectivity index (χ1n) is 5.69. The fraction of sp³-hybridized carbons (Fsp3) is 0.727. The summed E-state index contributed by atoms with van der Waals surface area (Å²) in [6.07, 6.45) is 1.51. The highest BCUT2D eigenvalue weighted by Gasteiger charge is 2.28. The summed E-state index contributed by atoms with van der Waals surface area (Å²) in [6.45, 7) is 0.999. The van der Waals surface area contributed by atoms with E-state index in [0.717, 1.165) is 24.6 Å². The second kappa shape index (κ2) is 7.25. The fourth-order valence-electron chi connectivity index (χ4n) is 1.88. The van der Waals surface area contributed by atoms with E-state index in [1.807, 2.05) is 0 Å². The van der Waals surface area contributed by atoms with Gasteiger partial charge >= 0.3 is 11.9 Å². The zero-order valence-electron chi connectivity index (χ0n) is 10.3. The van der Waals surface area contributed by atoms with Crippen LogP contribution in [0.15, 0.2) is 0 Å². The number of esters is 1. The minimum atomic E-state index is -0.932. The number of piperidine rings is 1. The molecule has 1 atom stereocenters. The first-order chi connectivity index (χ1) is 8.54. The number of rotatable bonds is 5. The molecule has 0 bridgehead atoms. The standard InChI is InChI=1S/C11H17NO5S/c1-17-11(16)8-3-2-4-12(5-8)9(13)6-18-7-10(14)15/h8H,2-7H2,1H3,(H,14,15). The van der Waals surface area contributed by atoms with Crippen molar-refractivity contribution in [1.29, 1.82) is 0 Å². The van der Waals surface area contributed by atoms with E-state index < -0.39 is 5.97 Å². The van der Waals surface area contributed by atoms with Crippen LogP contribution in [0.3, 0.4) is 0 Å². The van der Waals surface area contributed by atoms with Crippen LogP contribution in [-0.4, -0.2) is 59.6 Å². The molecule has 0 aliphatic carbocycles. The number of methoxy groups -OCH3 is 1. The molecular weight excluding hydrogens is 258 g/mol. The average Bonchev–Trinajstić information content (AvgIpc) is 2.37. The molecule has 1 aliphatic rings. The second-order valence-corrected chi connectivity index (χ2v) is 5.07. The van der Waals surface area contributed by atoms with Crippen molar-refractivity contribution in [3.63, 3.8) is 0 Å². The maximum atomic E-state index is 11.8. The molecule has 0 aromatic rings. The van der Waals surface area contributed by atoms with E-state index >= 15 is 0 Å². The second-order valence-electron chi connectivity index (χ2n) is 4.09. The van der Waals surface area contributed by atoms with Crippen molar-refractivity contribution in [2.24, 2.45) is 5.92 Å². The molecule has 0 saturated carbocycles. The number of hydrogen-bond acceptors (Lipinski definition) is 5. The predicted molar refractivity (Wildman–Crippen MR) is 66.3 cm³/mol. The molecule has 7 heteroatoms. The van der Waals surface area contributed by atoms with Gasteiger partial charge in [-0.1, -0.05) is 0 Å². The van der Waals surface area contributed by atoms with Gasteiger partial charge < -0.3 is 14.7 Å². The molecule has 6 nitrogen and oxygen atoms in total. The molecular formula is C11H17NO5S. The molecule has 102 valence electrons. The highest BCUT2D eigenvalue weighted by Crippen LogP contribution is 2.18. The summed E-state index contributed by atoms with van der Waals surface area (Å²) >= 11 is 1.07. The van der Waals surface area contributed by atoms with Crippen molar-refractivity contribution in [1.82, 2.24) is 4.90 Å². The van der Waals surface area contributed by atoms with Gasteiger partial charge in [0.05, 0.1) is 24.5 Å². The SMILES string of the molecule is COC(=O)C1CCCN(C(=O)CSCC(=O)O)C1. The number of carboxylic acids is 1. The molecule has 0 radical (unpaired) electrons. The maximum Gasteiger partial charge on any atom is 0.313 e. The summed E-state index contributed by atoms with van der Waals surface area (Å²) < 4.78 is 4.67. The number of amides is 1. The Morgan fingerprint density at radius 3 is 2.72 bits per heavy atom. The molecule has 1 amide bonds. The van der Waals surface area contributed by atoms with Crippen LogP contribution in [0.4, 0.5) is 0 Å². The molecule has 1 unspecified atom stereocenters. The largest absolute Gasteiger partial charge is 0.481 e. The van der Waals surface area contributed by atoms with E-state index in [-0.39, 0.29) is 29.3 Å². The molecule has 0 spiro atoms. The fourth-order valence-corrected chi connectivity index (χ4v) is 2.51. The van der Waals surface area contributed by atoms with Gasteiger partial charge in [-0.3, -0.25) is 14.4 Å². The van der Waals surface area contributed by atoms with Crippen molar-refractivity contribution < 1.29 is 24.2 Å². The third-order valence-corrected chi connectivity index (χ3v) is 3.66. The van der Waals surface area contributed by atoms with Gasteiger partial charge in [-0.15, -0.1) is 11.8 Å². The molecule has 1 aliphatic heterocycles. The highest BCUT2D eigenvalue weighted by atomic mass is 32.2. The number of thioether (sulfide) groups is 1. The van der Waals surface area contributed by atoms with Crippen molar-refractivity contribution >= 4 is 29.6 Å². The van der Waals surface area contributed by atoms with E-state index in [2.05, 4.69) is 4.74 Å². The van der Waals surface area contributed by atoms with E-state index in [4.69, 9.17) is 5.11 Å². The Balaban J connectivity index is 2.38. The number of likely N-dealkylation sites (tertiary alicyclic amines) is 1.